The second kappa shape index (κ2) is 8.68. The van der Waals surface area contributed by atoms with Crippen molar-refractivity contribution in [1.82, 2.24) is 0 Å². The fraction of sp³-hybridized carbons (Fsp3) is 0.800. The number of methoxy groups -OCH3 is 1. The molecule has 8 atom stereocenters. The molecule has 8 heteroatoms. The van der Waals surface area contributed by atoms with Crippen molar-refractivity contribution >= 4 is 29.8 Å². The molecule has 3 saturated carbocycles. The van der Waals surface area contributed by atoms with E-state index >= 15 is 0 Å². The van der Waals surface area contributed by atoms with Crippen molar-refractivity contribution < 1.29 is 33.5 Å². The summed E-state index contributed by atoms with van der Waals surface area (Å²) in [7, 11) is 1.40. The summed E-state index contributed by atoms with van der Waals surface area (Å²) in [5.41, 5.74) is -0.931. The van der Waals surface area contributed by atoms with Crippen molar-refractivity contribution in [2.75, 3.05) is 13.4 Å². The third kappa shape index (κ3) is 3.76. The van der Waals surface area contributed by atoms with E-state index < -0.39 is 22.9 Å². The van der Waals surface area contributed by atoms with Crippen LogP contribution in [-0.4, -0.2) is 53.0 Å². The Bertz CT molecular complexity index is 871. The molecule has 0 heterocycles. The van der Waals surface area contributed by atoms with Crippen LogP contribution in [-0.2, 0) is 23.3 Å². The van der Waals surface area contributed by atoms with Crippen LogP contribution in [0.25, 0.3) is 0 Å². The van der Waals surface area contributed by atoms with Crippen LogP contribution in [0.1, 0.15) is 65.2 Å². The highest BCUT2D eigenvalue weighted by Crippen LogP contribution is 2.70. The van der Waals surface area contributed by atoms with Gasteiger partial charge in [-0.25, -0.2) is 0 Å². The average Bonchev–Trinajstić information content (AvgIpc) is 3.02. The van der Waals surface area contributed by atoms with Crippen molar-refractivity contribution in [2.24, 2.45) is 34.5 Å². The predicted molar refractivity (Wildman–Crippen MR) is 123 cm³/mol. The first-order valence-corrected chi connectivity index (χ1v) is 13.1. The van der Waals surface area contributed by atoms with Crippen LogP contribution in [0.3, 0.4) is 0 Å². The van der Waals surface area contributed by atoms with Crippen LogP contribution in [0.15, 0.2) is 11.6 Å². The van der Waals surface area contributed by atoms with Crippen LogP contribution in [0.5, 0.6) is 0 Å². The molecular weight excluding hydrogens is 444 g/mol. The van der Waals surface area contributed by atoms with Crippen LogP contribution < -0.4 is 0 Å². The van der Waals surface area contributed by atoms with E-state index in [4.69, 9.17) is 8.92 Å². The Balaban J connectivity index is 1.82. The number of allylic oxidation sites excluding steroid dienone is 1. The summed E-state index contributed by atoms with van der Waals surface area (Å²) in [5, 5.41) is 21.1. The normalized spacial score (nSPS) is 44.3. The molecule has 4 aliphatic carbocycles. The van der Waals surface area contributed by atoms with Crippen molar-refractivity contribution in [3.63, 3.8) is 0 Å². The molecule has 0 amide bonds. The maximum absolute atomic E-state index is 13.1. The number of carbonyl (C=O) groups is 3. The molecule has 0 aliphatic heterocycles. The van der Waals surface area contributed by atoms with E-state index in [0.717, 1.165) is 18.4 Å². The van der Waals surface area contributed by atoms with Gasteiger partial charge in [0.15, 0.2) is 5.78 Å². The minimum Gasteiger partial charge on any atom is -0.481 e. The second-order valence-corrected chi connectivity index (χ2v) is 11.5. The highest BCUT2D eigenvalue weighted by atomic mass is 32.2. The first kappa shape index (κ1) is 24.7. The van der Waals surface area contributed by atoms with Crippen LogP contribution in [0.4, 0.5) is 0 Å². The maximum Gasteiger partial charge on any atom is 0.309 e. The largest absolute Gasteiger partial charge is 0.481 e. The molecule has 0 aromatic heterocycles. The number of aliphatic carboxylic acids is 1. The van der Waals surface area contributed by atoms with Crippen molar-refractivity contribution in [3.8, 4) is 0 Å². The number of hydrogen-bond donors (Lipinski definition) is 2. The van der Waals surface area contributed by atoms with Crippen molar-refractivity contribution in [2.45, 2.75) is 76.9 Å². The van der Waals surface area contributed by atoms with Gasteiger partial charge >= 0.3 is 11.9 Å². The number of fused-ring (bicyclic) bond motifs is 5. The Labute approximate surface area is 199 Å². The molecule has 3 fully saturated rings. The van der Waals surface area contributed by atoms with Crippen LogP contribution >= 0.6 is 12.0 Å². The summed E-state index contributed by atoms with van der Waals surface area (Å²) in [4.78, 5) is 36.7. The smallest absolute Gasteiger partial charge is 0.309 e. The Kier molecular flexibility index (Phi) is 6.51. The van der Waals surface area contributed by atoms with Gasteiger partial charge in [-0.3, -0.25) is 14.4 Å². The van der Waals surface area contributed by atoms with Crippen LogP contribution in [0, 0.1) is 34.5 Å². The van der Waals surface area contributed by atoms with Crippen molar-refractivity contribution in [1.29, 1.82) is 0 Å². The average molecular weight is 481 g/mol. The standard InChI is InChI=1S/C25H36O7S/c1-23-8-5-15(26)11-14(23)12-16(22(29)31-3)20-17-6-9-25(30,10-7-19(27)28)24(17,2)13-18(21(20)23)32-33-4/h11,16-18,20-21,30H,5-10,12-13H2,1-4H3,(H,27,28)/t16-,17+,18-,20+,21+,23+,24+,25+/m1/s1. The first-order chi connectivity index (χ1) is 15.5. The predicted octanol–water partition coefficient (Wildman–Crippen LogP) is 3.79. The van der Waals surface area contributed by atoms with E-state index in [9.17, 15) is 24.6 Å². The number of esters is 1. The third-order valence-electron chi connectivity index (χ3n) is 9.73. The van der Waals surface area contributed by atoms with Gasteiger partial charge in [0.1, 0.15) is 0 Å². The van der Waals surface area contributed by atoms with Gasteiger partial charge in [0.2, 0.25) is 0 Å². The lowest BCUT2D eigenvalue weighted by molar-refractivity contribution is -0.187. The summed E-state index contributed by atoms with van der Waals surface area (Å²) in [5.74, 6) is -1.51. The zero-order valence-corrected chi connectivity index (χ0v) is 20.8. The van der Waals surface area contributed by atoms with Gasteiger partial charge in [-0.15, -0.1) is 0 Å². The number of rotatable bonds is 6. The number of hydrogen-bond acceptors (Lipinski definition) is 7. The Morgan fingerprint density at radius 3 is 2.64 bits per heavy atom. The maximum atomic E-state index is 13.1. The van der Waals surface area contributed by atoms with E-state index in [0.29, 0.717) is 25.7 Å². The summed E-state index contributed by atoms with van der Waals surface area (Å²) in [6.45, 7) is 4.27. The molecule has 0 spiro atoms. The van der Waals surface area contributed by atoms with Gasteiger partial charge in [-0.1, -0.05) is 19.4 Å². The lowest BCUT2D eigenvalue weighted by Crippen LogP contribution is -2.62. The minimum atomic E-state index is -1.12. The fourth-order valence-corrected chi connectivity index (χ4v) is 8.50. The molecule has 33 heavy (non-hydrogen) atoms. The molecule has 0 saturated heterocycles. The lowest BCUT2D eigenvalue weighted by Gasteiger charge is -2.62. The molecule has 7 nitrogen and oxygen atoms in total. The Morgan fingerprint density at radius 1 is 1.27 bits per heavy atom. The van der Waals surface area contributed by atoms with E-state index in [-0.39, 0.29) is 53.9 Å². The van der Waals surface area contributed by atoms with Crippen molar-refractivity contribution in [3.05, 3.63) is 11.6 Å². The fourth-order valence-electron chi connectivity index (χ4n) is 8.07. The SMILES string of the molecule is COC(=O)[C@@H]1CC2=CC(=O)CC[C@]2(C)[C@@H]2[C@@H]1[C@@H]1CC[C@](O)(CCC(=O)O)[C@@]1(C)C[C@H]2OSC. The number of ketones is 1. The molecular formula is C25H36O7S. The van der Waals surface area contributed by atoms with Gasteiger partial charge in [-0.2, -0.15) is 0 Å². The highest BCUT2D eigenvalue weighted by Gasteiger charge is 2.69. The van der Waals surface area contributed by atoms with Gasteiger partial charge in [0.05, 0.1) is 24.7 Å². The zero-order chi connectivity index (χ0) is 24.2. The Morgan fingerprint density at radius 2 is 2.00 bits per heavy atom. The molecule has 0 radical (unpaired) electrons. The summed E-state index contributed by atoms with van der Waals surface area (Å²) in [6.07, 6.45) is 7.06. The van der Waals surface area contributed by atoms with E-state index in [2.05, 4.69) is 13.8 Å². The van der Waals surface area contributed by atoms with Gasteiger partial charge < -0.3 is 19.1 Å². The lowest BCUT2D eigenvalue weighted by atomic mass is 9.43. The van der Waals surface area contributed by atoms with E-state index in [1.807, 2.05) is 6.26 Å². The topological polar surface area (TPSA) is 110 Å². The van der Waals surface area contributed by atoms with Crippen LogP contribution in [0.2, 0.25) is 0 Å². The number of carboxylic acid groups (broad SMARTS) is 1. The highest BCUT2D eigenvalue weighted by molar-refractivity contribution is 7.93. The summed E-state index contributed by atoms with van der Waals surface area (Å²) >= 11 is 1.29. The molecule has 184 valence electrons. The molecule has 4 rings (SSSR count). The molecule has 0 unspecified atom stereocenters. The third-order valence-corrected chi connectivity index (χ3v) is 10.2. The Hall–Kier alpha value is -1.38. The quantitative estimate of drug-likeness (QED) is 0.436. The second-order valence-electron chi connectivity index (χ2n) is 11.0. The van der Waals surface area contributed by atoms with Gasteiger partial charge in [0, 0.05) is 24.5 Å². The molecule has 2 N–H and O–H groups in total. The van der Waals surface area contributed by atoms with Gasteiger partial charge in [-0.05, 0) is 79.8 Å². The number of ether oxygens (including phenoxy) is 1. The van der Waals surface area contributed by atoms with Gasteiger partial charge in [0.25, 0.3) is 0 Å². The zero-order valence-electron chi connectivity index (χ0n) is 20.0. The molecule has 0 aromatic rings. The van der Waals surface area contributed by atoms with E-state index in [1.165, 1.54) is 19.2 Å². The molecule has 4 aliphatic rings. The summed E-state index contributed by atoms with van der Waals surface area (Å²) in [6, 6.07) is 0. The summed E-state index contributed by atoms with van der Waals surface area (Å²) < 4.78 is 11.5. The number of carboxylic acids is 1. The monoisotopic (exact) mass is 480 g/mol. The molecule has 0 aromatic carbocycles. The first-order valence-electron chi connectivity index (χ1n) is 12.0. The number of carbonyl (C=O) groups excluding carboxylic acids is 2. The van der Waals surface area contributed by atoms with E-state index in [1.54, 1.807) is 6.08 Å². The minimum absolute atomic E-state index is 0.0158. The molecule has 0 bridgehead atoms. The number of aliphatic hydroxyl groups is 1.